The lowest BCUT2D eigenvalue weighted by Gasteiger charge is -2.18. The minimum absolute atomic E-state index is 0.387. The van der Waals surface area contributed by atoms with E-state index >= 15 is 0 Å². The van der Waals surface area contributed by atoms with Crippen molar-refractivity contribution >= 4 is 18.0 Å². The highest BCUT2D eigenvalue weighted by Gasteiger charge is 2.13. The number of oxime groups is 1. The predicted octanol–water partition coefficient (Wildman–Crippen LogP) is 1.90. The van der Waals surface area contributed by atoms with E-state index in [0.717, 1.165) is 12.8 Å². The van der Waals surface area contributed by atoms with Gasteiger partial charge < -0.3 is 4.84 Å². The molecule has 0 bridgehead atoms. The van der Waals surface area contributed by atoms with Crippen LogP contribution in [0.2, 0.25) is 0 Å². The standard InChI is InChI=1S/C7H13NOS/c1-2-8-9-7-3-5-10-6-4-7/h2,7H,3-6H2,1H3. The van der Waals surface area contributed by atoms with Gasteiger partial charge in [-0.15, -0.1) is 0 Å². The molecule has 1 heterocycles. The number of nitrogens with zero attached hydrogens (tertiary/aromatic N) is 1. The van der Waals surface area contributed by atoms with E-state index in [1.165, 1.54) is 11.5 Å². The van der Waals surface area contributed by atoms with E-state index in [4.69, 9.17) is 4.84 Å². The second-order valence-electron chi connectivity index (χ2n) is 2.28. The maximum atomic E-state index is 5.19. The smallest absolute Gasteiger partial charge is 0.129 e. The molecule has 58 valence electrons. The fourth-order valence-electron chi connectivity index (χ4n) is 0.928. The van der Waals surface area contributed by atoms with Gasteiger partial charge in [0.1, 0.15) is 6.10 Å². The summed E-state index contributed by atoms with van der Waals surface area (Å²) >= 11 is 2.00. The number of rotatable bonds is 2. The zero-order valence-corrected chi connectivity index (χ0v) is 7.06. The molecule has 1 saturated heterocycles. The summed E-state index contributed by atoms with van der Waals surface area (Å²) in [6.45, 7) is 1.87. The minimum atomic E-state index is 0.387. The molecule has 1 rings (SSSR count). The molecule has 2 nitrogen and oxygen atoms in total. The van der Waals surface area contributed by atoms with Crippen LogP contribution in [0, 0.1) is 0 Å². The molecule has 0 radical (unpaired) electrons. The maximum Gasteiger partial charge on any atom is 0.129 e. The van der Waals surface area contributed by atoms with Gasteiger partial charge >= 0.3 is 0 Å². The van der Waals surface area contributed by atoms with Gasteiger partial charge in [-0.25, -0.2) is 0 Å². The summed E-state index contributed by atoms with van der Waals surface area (Å²) in [5.41, 5.74) is 0. The van der Waals surface area contributed by atoms with E-state index < -0.39 is 0 Å². The topological polar surface area (TPSA) is 21.6 Å². The largest absolute Gasteiger partial charge is 0.393 e. The Morgan fingerprint density at radius 2 is 2.20 bits per heavy atom. The first-order valence-corrected chi connectivity index (χ1v) is 4.80. The first-order chi connectivity index (χ1) is 4.93. The Morgan fingerprint density at radius 1 is 1.50 bits per heavy atom. The molecule has 0 spiro atoms. The van der Waals surface area contributed by atoms with Gasteiger partial charge in [-0.2, -0.15) is 11.8 Å². The van der Waals surface area contributed by atoms with E-state index in [2.05, 4.69) is 5.16 Å². The van der Waals surface area contributed by atoms with Crippen LogP contribution in [0.4, 0.5) is 0 Å². The Balaban J connectivity index is 2.13. The lowest BCUT2D eigenvalue weighted by atomic mass is 10.2. The van der Waals surface area contributed by atoms with Crippen molar-refractivity contribution in [2.24, 2.45) is 5.16 Å². The van der Waals surface area contributed by atoms with Gasteiger partial charge in [-0.3, -0.25) is 0 Å². The van der Waals surface area contributed by atoms with Crippen LogP contribution in [-0.4, -0.2) is 23.8 Å². The summed E-state index contributed by atoms with van der Waals surface area (Å²) in [5, 5.41) is 3.76. The van der Waals surface area contributed by atoms with Crippen molar-refractivity contribution in [1.29, 1.82) is 0 Å². The second-order valence-corrected chi connectivity index (χ2v) is 3.51. The summed E-state index contributed by atoms with van der Waals surface area (Å²) in [6.07, 6.45) is 4.39. The average molecular weight is 159 g/mol. The molecule has 0 N–H and O–H groups in total. The lowest BCUT2D eigenvalue weighted by molar-refractivity contribution is 0.0545. The third kappa shape index (κ3) is 2.60. The minimum Gasteiger partial charge on any atom is -0.393 e. The van der Waals surface area contributed by atoms with Crippen LogP contribution in [-0.2, 0) is 4.84 Å². The van der Waals surface area contributed by atoms with Gasteiger partial charge in [-0.05, 0) is 31.3 Å². The fraction of sp³-hybridized carbons (Fsp3) is 0.857. The van der Waals surface area contributed by atoms with Crippen LogP contribution < -0.4 is 0 Å². The number of hydrogen-bond acceptors (Lipinski definition) is 3. The molecule has 0 amide bonds. The molecule has 0 aromatic carbocycles. The van der Waals surface area contributed by atoms with Crippen LogP contribution in [0.25, 0.3) is 0 Å². The van der Waals surface area contributed by atoms with E-state index in [-0.39, 0.29) is 0 Å². The highest BCUT2D eigenvalue weighted by Crippen LogP contribution is 2.19. The Bertz CT molecular complexity index is 110. The van der Waals surface area contributed by atoms with Gasteiger partial charge in [0, 0.05) is 6.21 Å². The van der Waals surface area contributed by atoms with Gasteiger partial charge in [-0.1, -0.05) is 5.16 Å². The summed E-state index contributed by atoms with van der Waals surface area (Å²) < 4.78 is 0. The highest BCUT2D eigenvalue weighted by atomic mass is 32.2. The molecule has 1 aliphatic rings. The van der Waals surface area contributed by atoms with Crippen LogP contribution in [0.15, 0.2) is 5.16 Å². The van der Waals surface area contributed by atoms with Crippen molar-refractivity contribution < 1.29 is 4.84 Å². The van der Waals surface area contributed by atoms with Gasteiger partial charge in [0.05, 0.1) is 0 Å². The van der Waals surface area contributed by atoms with Crippen molar-refractivity contribution in [3.05, 3.63) is 0 Å². The van der Waals surface area contributed by atoms with Crippen LogP contribution in [0.3, 0.4) is 0 Å². The third-order valence-corrected chi connectivity index (χ3v) is 2.53. The summed E-state index contributed by atoms with van der Waals surface area (Å²) in [5.74, 6) is 2.45. The van der Waals surface area contributed by atoms with E-state index in [0.29, 0.717) is 6.10 Å². The van der Waals surface area contributed by atoms with Gasteiger partial charge in [0.15, 0.2) is 0 Å². The van der Waals surface area contributed by atoms with E-state index in [1.807, 2.05) is 18.7 Å². The van der Waals surface area contributed by atoms with E-state index in [9.17, 15) is 0 Å². The van der Waals surface area contributed by atoms with E-state index in [1.54, 1.807) is 6.21 Å². The van der Waals surface area contributed by atoms with Crippen LogP contribution >= 0.6 is 11.8 Å². The lowest BCUT2D eigenvalue weighted by Crippen LogP contribution is -2.16. The summed E-state index contributed by atoms with van der Waals surface area (Å²) in [7, 11) is 0. The molecule has 10 heavy (non-hydrogen) atoms. The first-order valence-electron chi connectivity index (χ1n) is 3.65. The normalized spacial score (nSPS) is 21.7. The predicted molar refractivity (Wildman–Crippen MR) is 45.6 cm³/mol. The van der Waals surface area contributed by atoms with Crippen molar-refractivity contribution in [3.8, 4) is 0 Å². The summed E-state index contributed by atoms with van der Waals surface area (Å²) in [6, 6.07) is 0. The van der Waals surface area contributed by atoms with Crippen molar-refractivity contribution in [1.82, 2.24) is 0 Å². The maximum absolute atomic E-state index is 5.19. The van der Waals surface area contributed by atoms with Gasteiger partial charge in [0.25, 0.3) is 0 Å². The quantitative estimate of drug-likeness (QED) is 0.453. The monoisotopic (exact) mass is 159 g/mol. The molecule has 3 heteroatoms. The zero-order chi connectivity index (χ0) is 7.23. The Hall–Kier alpha value is -0.180. The molecule has 1 fully saturated rings. The van der Waals surface area contributed by atoms with Crippen molar-refractivity contribution in [2.75, 3.05) is 11.5 Å². The molecule has 0 atom stereocenters. The molecule has 0 saturated carbocycles. The molecule has 0 unspecified atom stereocenters. The number of hydrogen-bond donors (Lipinski definition) is 0. The zero-order valence-electron chi connectivity index (χ0n) is 6.25. The molecule has 0 aliphatic carbocycles. The first kappa shape index (κ1) is 7.92. The van der Waals surface area contributed by atoms with Crippen LogP contribution in [0.1, 0.15) is 19.8 Å². The Morgan fingerprint density at radius 3 is 2.80 bits per heavy atom. The molecule has 0 aromatic heterocycles. The highest BCUT2D eigenvalue weighted by molar-refractivity contribution is 7.99. The number of thioether (sulfide) groups is 1. The van der Waals surface area contributed by atoms with Gasteiger partial charge in [0.2, 0.25) is 0 Å². The third-order valence-electron chi connectivity index (χ3n) is 1.48. The van der Waals surface area contributed by atoms with Crippen molar-refractivity contribution in [3.63, 3.8) is 0 Å². The fourth-order valence-corrected chi connectivity index (χ4v) is 1.99. The SMILES string of the molecule is CC=NOC1CCSCC1. The molecule has 1 aliphatic heterocycles. The molecule has 0 aromatic rings. The van der Waals surface area contributed by atoms with Crippen molar-refractivity contribution in [2.45, 2.75) is 25.9 Å². The Kier molecular flexibility index (Phi) is 3.65. The molecular formula is C7H13NOS. The average Bonchev–Trinajstić information content (AvgIpc) is 2.03. The van der Waals surface area contributed by atoms with Crippen LogP contribution in [0.5, 0.6) is 0 Å². The summed E-state index contributed by atoms with van der Waals surface area (Å²) in [4.78, 5) is 5.19. The Labute approximate surface area is 66.0 Å². The second kappa shape index (κ2) is 4.61. The molecular weight excluding hydrogens is 146 g/mol.